The van der Waals surface area contributed by atoms with E-state index in [1.54, 1.807) is 0 Å². The highest BCUT2D eigenvalue weighted by atomic mass is 35.7. The maximum atomic E-state index is 10.8. The lowest BCUT2D eigenvalue weighted by atomic mass is 10.4. The van der Waals surface area contributed by atoms with Crippen molar-refractivity contribution in [3.8, 4) is 0 Å². The Labute approximate surface area is 88.7 Å². The molecule has 0 fully saturated rings. The summed E-state index contributed by atoms with van der Waals surface area (Å²) < 4.78 is 21.6. The van der Waals surface area contributed by atoms with Gasteiger partial charge >= 0.3 is 0 Å². The minimum absolute atomic E-state index is 0.0264. The van der Waals surface area contributed by atoms with Gasteiger partial charge in [-0.05, 0) is 23.7 Å². The van der Waals surface area contributed by atoms with Crippen LogP contribution in [-0.4, -0.2) is 13.7 Å². The molecule has 0 amide bonds. The third kappa shape index (κ3) is 3.27. The molecule has 1 aromatic heterocycles. The fraction of sp³-hybridized carbons (Fsp3) is 0.167. The molecule has 0 spiro atoms. The molecule has 1 rings (SSSR count). The second-order valence-electron chi connectivity index (χ2n) is 2.19. The van der Waals surface area contributed by atoms with Gasteiger partial charge in [-0.1, -0.05) is 0 Å². The molecule has 0 aliphatic carbocycles. The van der Waals surface area contributed by atoms with Crippen molar-refractivity contribution in [2.75, 3.05) is 0 Å². The Morgan fingerprint density at radius 2 is 2.08 bits per heavy atom. The summed E-state index contributed by atoms with van der Waals surface area (Å²) >= 11 is 6.06. The first-order chi connectivity index (χ1) is 5.89. The van der Waals surface area contributed by atoms with Gasteiger partial charge in [-0.3, -0.25) is 4.79 Å². The van der Waals surface area contributed by atoms with Crippen LogP contribution in [0.3, 0.4) is 0 Å². The first-order valence-corrected chi connectivity index (χ1v) is 6.61. The van der Waals surface area contributed by atoms with Crippen LogP contribution in [0.25, 0.3) is 0 Å². The van der Waals surface area contributed by atoms with Crippen molar-refractivity contribution in [3.05, 3.63) is 17.0 Å². The van der Waals surface area contributed by atoms with E-state index in [0.29, 0.717) is 4.88 Å². The van der Waals surface area contributed by atoms with E-state index in [1.807, 2.05) is 0 Å². The largest absolute Gasteiger partial charge is 0.281 e. The van der Waals surface area contributed by atoms with Gasteiger partial charge in [0.05, 0.1) is 6.42 Å². The zero-order valence-electron chi connectivity index (χ0n) is 6.16. The number of thiophene rings is 1. The Morgan fingerprint density at radius 1 is 1.46 bits per heavy atom. The van der Waals surface area contributed by atoms with E-state index in [4.69, 9.17) is 22.3 Å². The molecule has 0 atom stereocenters. The molecule has 0 aliphatic rings. The molecule has 0 radical (unpaired) electrons. The fourth-order valence-electron chi connectivity index (χ4n) is 0.721. The Kier molecular flexibility index (Phi) is 3.34. The van der Waals surface area contributed by atoms with Gasteiger partial charge in [-0.25, -0.2) is 8.42 Å². The first-order valence-electron chi connectivity index (χ1n) is 3.11. The van der Waals surface area contributed by atoms with Crippen LogP contribution in [-0.2, 0) is 20.3 Å². The maximum Gasteiger partial charge on any atom is 0.270 e. The van der Waals surface area contributed by atoms with E-state index < -0.39 is 14.3 Å². The molecule has 0 unspecified atom stereocenters. The predicted molar refractivity (Wildman–Crippen MR) is 51.9 cm³/mol. The summed E-state index contributed by atoms with van der Waals surface area (Å²) in [7, 11) is 1.39. The average Bonchev–Trinajstić information content (AvgIpc) is 2.32. The second kappa shape index (κ2) is 3.96. The molecule has 1 heterocycles. The Morgan fingerprint density at radius 3 is 2.46 bits per heavy atom. The lowest BCUT2D eigenvalue weighted by Crippen LogP contribution is -1.88. The number of rotatable bonds is 3. The van der Waals surface area contributed by atoms with Crippen molar-refractivity contribution in [1.29, 1.82) is 0 Å². The minimum Gasteiger partial charge on any atom is -0.281 e. The molecule has 0 aromatic carbocycles. The topological polar surface area (TPSA) is 51.2 Å². The van der Waals surface area contributed by atoms with Gasteiger partial charge in [0.2, 0.25) is 5.24 Å². The first kappa shape index (κ1) is 11.0. The van der Waals surface area contributed by atoms with Crippen LogP contribution < -0.4 is 0 Å². The zero-order chi connectivity index (χ0) is 10.1. The molecule has 0 aliphatic heterocycles. The van der Waals surface area contributed by atoms with Gasteiger partial charge in [-0.2, -0.15) is 0 Å². The lowest BCUT2D eigenvalue weighted by molar-refractivity contribution is -0.111. The van der Waals surface area contributed by atoms with Crippen LogP contribution in [0.5, 0.6) is 0 Å². The highest BCUT2D eigenvalue weighted by molar-refractivity contribution is 8.15. The van der Waals surface area contributed by atoms with Crippen LogP contribution in [0.15, 0.2) is 16.3 Å². The Hall–Kier alpha value is -0.100. The van der Waals surface area contributed by atoms with Crippen molar-refractivity contribution < 1.29 is 13.2 Å². The predicted octanol–water partition coefficient (Wildman–Crippen LogP) is 1.98. The molecule has 0 bridgehead atoms. The molecule has 0 saturated heterocycles. The van der Waals surface area contributed by atoms with Gasteiger partial charge in [0, 0.05) is 15.6 Å². The van der Waals surface area contributed by atoms with Crippen molar-refractivity contribution in [2.45, 2.75) is 10.6 Å². The van der Waals surface area contributed by atoms with Gasteiger partial charge < -0.3 is 0 Å². The number of carbonyl (C=O) groups excluding carboxylic acids is 1. The third-order valence-corrected chi connectivity index (χ3v) is 4.50. The van der Waals surface area contributed by atoms with Crippen LogP contribution >= 0.6 is 33.6 Å². The van der Waals surface area contributed by atoms with Gasteiger partial charge in [-0.15, -0.1) is 11.3 Å². The summed E-state index contributed by atoms with van der Waals surface area (Å²) in [6, 6.07) is 2.86. The van der Waals surface area contributed by atoms with Gasteiger partial charge in [0.25, 0.3) is 9.05 Å². The summed E-state index contributed by atoms with van der Waals surface area (Å²) in [5.41, 5.74) is 0. The van der Waals surface area contributed by atoms with Gasteiger partial charge in [0.15, 0.2) is 0 Å². The summed E-state index contributed by atoms with van der Waals surface area (Å²) in [5, 5.41) is -0.527. The Balaban J connectivity index is 2.94. The van der Waals surface area contributed by atoms with E-state index >= 15 is 0 Å². The lowest BCUT2D eigenvalue weighted by Gasteiger charge is -1.87. The standard InChI is InChI=1S/C6H4Cl2O3S2/c7-5(9)3-4-1-2-6(12-4)13(8,10)11/h1-2H,3H2. The number of halogens is 2. The number of carbonyl (C=O) groups is 1. The summed E-state index contributed by atoms with van der Waals surface area (Å²) in [5.74, 6) is 0. The normalized spacial score (nSPS) is 11.5. The maximum absolute atomic E-state index is 10.8. The molecular weight excluding hydrogens is 255 g/mol. The van der Waals surface area contributed by atoms with Gasteiger partial charge in [0.1, 0.15) is 4.21 Å². The molecule has 0 saturated carbocycles. The highest BCUT2D eigenvalue weighted by Crippen LogP contribution is 2.25. The summed E-state index contributed by atoms with van der Waals surface area (Å²) in [6.07, 6.45) is 0.0264. The fourth-order valence-corrected chi connectivity index (χ4v) is 3.07. The molecule has 3 nitrogen and oxygen atoms in total. The van der Waals surface area contributed by atoms with E-state index in [1.165, 1.54) is 12.1 Å². The van der Waals surface area contributed by atoms with Crippen molar-refractivity contribution in [2.24, 2.45) is 0 Å². The van der Waals surface area contributed by atoms with Crippen molar-refractivity contribution >= 4 is 47.9 Å². The quantitative estimate of drug-likeness (QED) is 0.780. The van der Waals surface area contributed by atoms with Crippen LogP contribution in [0.2, 0.25) is 0 Å². The average molecular weight is 259 g/mol. The monoisotopic (exact) mass is 258 g/mol. The molecule has 1 aromatic rings. The van der Waals surface area contributed by atoms with E-state index in [-0.39, 0.29) is 10.6 Å². The van der Waals surface area contributed by atoms with Crippen LogP contribution in [0, 0.1) is 0 Å². The summed E-state index contributed by atoms with van der Waals surface area (Å²) in [6.45, 7) is 0. The van der Waals surface area contributed by atoms with E-state index in [9.17, 15) is 13.2 Å². The molecule has 0 N–H and O–H groups in total. The van der Waals surface area contributed by atoms with Crippen molar-refractivity contribution in [1.82, 2.24) is 0 Å². The zero-order valence-corrected chi connectivity index (χ0v) is 9.30. The van der Waals surface area contributed by atoms with Crippen molar-refractivity contribution in [3.63, 3.8) is 0 Å². The molecular formula is C6H4Cl2O3S2. The van der Waals surface area contributed by atoms with Crippen LogP contribution in [0.1, 0.15) is 4.88 Å². The molecule has 13 heavy (non-hydrogen) atoms. The Bertz CT molecular complexity index is 421. The summed E-state index contributed by atoms with van der Waals surface area (Å²) in [4.78, 5) is 11.0. The highest BCUT2D eigenvalue weighted by Gasteiger charge is 2.13. The molecule has 72 valence electrons. The second-order valence-corrected chi connectivity index (χ2v) is 6.57. The molecule has 7 heteroatoms. The van der Waals surface area contributed by atoms with E-state index in [0.717, 1.165) is 11.3 Å². The SMILES string of the molecule is O=C(Cl)Cc1ccc(S(=O)(=O)Cl)s1. The van der Waals surface area contributed by atoms with Crippen LogP contribution in [0.4, 0.5) is 0 Å². The minimum atomic E-state index is -3.68. The third-order valence-electron chi connectivity index (χ3n) is 1.19. The van der Waals surface area contributed by atoms with E-state index in [2.05, 4.69) is 0 Å². The number of hydrogen-bond acceptors (Lipinski definition) is 4. The smallest absolute Gasteiger partial charge is 0.270 e. The number of hydrogen-bond donors (Lipinski definition) is 0.